The van der Waals surface area contributed by atoms with Crippen LogP contribution in [0.2, 0.25) is 0 Å². The highest BCUT2D eigenvalue weighted by atomic mass is 16.3. The van der Waals surface area contributed by atoms with Gasteiger partial charge >= 0.3 is 0 Å². The number of unbranched alkanes of at least 4 members (excludes halogenated alkanes) is 3. The molecule has 0 spiro atoms. The van der Waals surface area contributed by atoms with Crippen LogP contribution in [-0.2, 0) is 4.79 Å². The van der Waals surface area contributed by atoms with E-state index in [2.05, 4.69) is 15.6 Å². The van der Waals surface area contributed by atoms with E-state index in [0.717, 1.165) is 48.2 Å². The van der Waals surface area contributed by atoms with E-state index in [9.17, 15) is 9.59 Å². The summed E-state index contributed by atoms with van der Waals surface area (Å²) in [6, 6.07) is 9.35. The molecular formula is C21H25N3O3. The molecule has 0 fully saturated rings. The molecule has 1 aliphatic rings. The van der Waals surface area contributed by atoms with Gasteiger partial charge in [-0.15, -0.1) is 0 Å². The van der Waals surface area contributed by atoms with Gasteiger partial charge in [0.2, 0.25) is 0 Å². The van der Waals surface area contributed by atoms with Gasteiger partial charge in [0.1, 0.15) is 5.69 Å². The zero-order valence-electron chi connectivity index (χ0n) is 15.5. The number of aromatic amines is 1. The number of carbonyl (C=O) groups is 2. The Balaban J connectivity index is 1.66. The first-order valence-corrected chi connectivity index (χ1v) is 9.31. The van der Waals surface area contributed by atoms with Crippen LogP contribution in [0.15, 0.2) is 30.3 Å². The SMILES string of the molecule is Cc1cc(C(=O)NCCCCCCO)[nH]c1/C=C1/C(=O)Nc2ccccc21. The Bertz CT molecular complexity index is 867. The van der Waals surface area contributed by atoms with Gasteiger partial charge in [0.05, 0.1) is 5.57 Å². The normalized spacial score (nSPS) is 14.3. The monoisotopic (exact) mass is 367 g/mol. The molecule has 4 N–H and O–H groups in total. The van der Waals surface area contributed by atoms with Gasteiger partial charge in [0.15, 0.2) is 0 Å². The van der Waals surface area contributed by atoms with E-state index in [1.165, 1.54) is 0 Å². The first-order chi connectivity index (χ1) is 13.1. The Morgan fingerprint density at radius 3 is 2.78 bits per heavy atom. The summed E-state index contributed by atoms with van der Waals surface area (Å²) >= 11 is 0. The van der Waals surface area contributed by atoms with Crippen molar-refractivity contribution in [3.8, 4) is 0 Å². The van der Waals surface area contributed by atoms with Crippen molar-refractivity contribution in [1.29, 1.82) is 0 Å². The minimum absolute atomic E-state index is 0.140. The summed E-state index contributed by atoms with van der Waals surface area (Å²) < 4.78 is 0. The fourth-order valence-corrected chi connectivity index (χ4v) is 3.16. The molecule has 0 aliphatic carbocycles. The Kier molecular flexibility index (Phi) is 6.08. The molecule has 0 saturated carbocycles. The summed E-state index contributed by atoms with van der Waals surface area (Å²) in [5, 5.41) is 14.5. The summed E-state index contributed by atoms with van der Waals surface area (Å²) in [6.07, 6.45) is 5.44. The maximum absolute atomic E-state index is 12.3. The van der Waals surface area contributed by atoms with E-state index < -0.39 is 0 Å². The number of aromatic nitrogens is 1. The van der Waals surface area contributed by atoms with Crippen LogP contribution in [0, 0.1) is 6.92 Å². The van der Waals surface area contributed by atoms with Crippen molar-refractivity contribution in [1.82, 2.24) is 10.3 Å². The number of aryl methyl sites for hydroxylation is 1. The summed E-state index contributed by atoms with van der Waals surface area (Å²) in [5.74, 6) is -0.291. The molecule has 2 amide bonds. The van der Waals surface area contributed by atoms with E-state index >= 15 is 0 Å². The predicted molar refractivity (Wildman–Crippen MR) is 106 cm³/mol. The third-order valence-electron chi connectivity index (χ3n) is 4.67. The first-order valence-electron chi connectivity index (χ1n) is 9.31. The second kappa shape index (κ2) is 8.68. The van der Waals surface area contributed by atoms with Crippen LogP contribution < -0.4 is 10.6 Å². The molecule has 3 rings (SSSR count). The molecule has 6 heteroatoms. The number of hydrogen-bond acceptors (Lipinski definition) is 3. The molecule has 0 radical (unpaired) electrons. The molecule has 1 aromatic heterocycles. The molecule has 0 atom stereocenters. The number of rotatable bonds is 8. The molecule has 142 valence electrons. The number of H-pyrrole nitrogens is 1. The van der Waals surface area contributed by atoms with Crippen molar-refractivity contribution in [2.75, 3.05) is 18.5 Å². The van der Waals surface area contributed by atoms with E-state index in [0.29, 0.717) is 17.8 Å². The van der Waals surface area contributed by atoms with Gasteiger partial charge in [0, 0.05) is 30.1 Å². The number of benzene rings is 1. The molecule has 1 aliphatic heterocycles. The summed E-state index contributed by atoms with van der Waals surface area (Å²) in [7, 11) is 0. The molecule has 0 saturated heterocycles. The molecule has 2 aromatic rings. The third-order valence-corrected chi connectivity index (χ3v) is 4.67. The van der Waals surface area contributed by atoms with Gasteiger partial charge in [-0.3, -0.25) is 9.59 Å². The Morgan fingerprint density at radius 1 is 1.19 bits per heavy atom. The van der Waals surface area contributed by atoms with Crippen molar-refractivity contribution in [3.63, 3.8) is 0 Å². The number of aliphatic hydroxyl groups is 1. The van der Waals surface area contributed by atoms with Crippen LogP contribution in [0.25, 0.3) is 11.6 Å². The fourth-order valence-electron chi connectivity index (χ4n) is 3.16. The summed E-state index contributed by atoms with van der Waals surface area (Å²) in [4.78, 5) is 27.7. The Morgan fingerprint density at radius 2 is 1.96 bits per heavy atom. The van der Waals surface area contributed by atoms with Crippen LogP contribution in [0.1, 0.15) is 53.0 Å². The predicted octanol–water partition coefficient (Wildman–Crippen LogP) is 3.10. The smallest absolute Gasteiger partial charge is 0.267 e. The van der Waals surface area contributed by atoms with Gasteiger partial charge in [-0.2, -0.15) is 0 Å². The highest BCUT2D eigenvalue weighted by molar-refractivity contribution is 6.34. The van der Waals surface area contributed by atoms with Crippen LogP contribution >= 0.6 is 0 Å². The van der Waals surface area contributed by atoms with E-state index in [1.807, 2.05) is 31.2 Å². The molecule has 27 heavy (non-hydrogen) atoms. The van der Waals surface area contributed by atoms with Crippen molar-refractivity contribution in [2.45, 2.75) is 32.6 Å². The second-order valence-electron chi connectivity index (χ2n) is 6.73. The van der Waals surface area contributed by atoms with Crippen LogP contribution in [0.4, 0.5) is 5.69 Å². The molecule has 0 bridgehead atoms. The minimum Gasteiger partial charge on any atom is -0.396 e. The first kappa shape index (κ1) is 18.9. The zero-order chi connectivity index (χ0) is 19.2. The average Bonchev–Trinajstić information content (AvgIpc) is 3.18. The van der Waals surface area contributed by atoms with E-state index in [1.54, 1.807) is 12.1 Å². The van der Waals surface area contributed by atoms with Gasteiger partial charge < -0.3 is 20.7 Å². The topological polar surface area (TPSA) is 94.2 Å². The Labute approximate surface area is 158 Å². The number of para-hydroxylation sites is 1. The number of amides is 2. The van der Waals surface area contributed by atoms with Crippen molar-refractivity contribution >= 4 is 29.2 Å². The lowest BCUT2D eigenvalue weighted by atomic mass is 10.1. The number of aliphatic hydroxyl groups excluding tert-OH is 1. The van der Waals surface area contributed by atoms with Crippen molar-refractivity contribution in [2.24, 2.45) is 0 Å². The number of fused-ring (bicyclic) bond motifs is 1. The maximum Gasteiger partial charge on any atom is 0.267 e. The highest BCUT2D eigenvalue weighted by Gasteiger charge is 2.24. The van der Waals surface area contributed by atoms with Gasteiger partial charge in [-0.05, 0) is 43.5 Å². The van der Waals surface area contributed by atoms with Crippen molar-refractivity contribution < 1.29 is 14.7 Å². The van der Waals surface area contributed by atoms with E-state index in [-0.39, 0.29) is 18.4 Å². The van der Waals surface area contributed by atoms with Crippen molar-refractivity contribution in [3.05, 3.63) is 52.8 Å². The lowest BCUT2D eigenvalue weighted by molar-refractivity contribution is -0.110. The molecule has 2 heterocycles. The van der Waals surface area contributed by atoms with Crippen LogP contribution in [0.5, 0.6) is 0 Å². The highest BCUT2D eigenvalue weighted by Crippen LogP contribution is 2.33. The average molecular weight is 367 g/mol. The molecular weight excluding hydrogens is 342 g/mol. The molecule has 6 nitrogen and oxygen atoms in total. The number of carbonyl (C=O) groups excluding carboxylic acids is 2. The maximum atomic E-state index is 12.3. The molecule has 0 unspecified atom stereocenters. The standard InChI is InChI=1S/C21H25N3O3/c1-14-12-19(21(27)22-10-6-2-3-7-11-25)23-18(14)13-16-15-8-4-5-9-17(15)24-20(16)26/h4-5,8-9,12-13,23,25H,2-3,6-7,10-11H2,1H3,(H,22,27)(H,24,26)/b16-13+. The fraction of sp³-hybridized carbons (Fsp3) is 0.333. The van der Waals surface area contributed by atoms with Gasteiger partial charge in [-0.25, -0.2) is 0 Å². The number of anilines is 1. The molecule has 1 aromatic carbocycles. The summed E-state index contributed by atoms with van der Waals surface area (Å²) in [5.41, 5.74) is 4.41. The number of hydrogen-bond donors (Lipinski definition) is 4. The number of nitrogens with one attached hydrogen (secondary N) is 3. The van der Waals surface area contributed by atoms with Crippen LogP contribution in [0.3, 0.4) is 0 Å². The second-order valence-corrected chi connectivity index (χ2v) is 6.73. The largest absolute Gasteiger partial charge is 0.396 e. The zero-order valence-corrected chi connectivity index (χ0v) is 15.5. The minimum atomic E-state index is -0.152. The lowest BCUT2D eigenvalue weighted by Gasteiger charge is -2.03. The lowest BCUT2D eigenvalue weighted by Crippen LogP contribution is -2.24. The van der Waals surface area contributed by atoms with Gasteiger partial charge in [0.25, 0.3) is 11.8 Å². The van der Waals surface area contributed by atoms with Crippen LogP contribution in [-0.4, -0.2) is 35.1 Å². The van der Waals surface area contributed by atoms with E-state index in [4.69, 9.17) is 5.11 Å². The quantitative estimate of drug-likeness (QED) is 0.427. The third kappa shape index (κ3) is 4.46. The Hall–Kier alpha value is -2.86. The van der Waals surface area contributed by atoms with Gasteiger partial charge in [-0.1, -0.05) is 31.0 Å². The summed E-state index contributed by atoms with van der Waals surface area (Å²) in [6.45, 7) is 2.73.